The van der Waals surface area contributed by atoms with E-state index in [0.29, 0.717) is 5.56 Å². The van der Waals surface area contributed by atoms with Crippen molar-refractivity contribution in [1.29, 1.82) is 0 Å². The second-order valence-corrected chi connectivity index (χ2v) is 6.76. The van der Waals surface area contributed by atoms with Gasteiger partial charge in [0.1, 0.15) is 0 Å². The Morgan fingerprint density at radius 1 is 1.39 bits per heavy atom. The summed E-state index contributed by atoms with van der Waals surface area (Å²) in [4.78, 5) is 0. The first-order valence-corrected chi connectivity index (χ1v) is 7.21. The molecule has 0 aliphatic heterocycles. The maximum Gasteiger partial charge on any atom is 0.209 e. The van der Waals surface area contributed by atoms with E-state index in [9.17, 15) is 12.8 Å². The van der Waals surface area contributed by atoms with Crippen LogP contribution in [0.25, 0.3) is 0 Å². The fourth-order valence-corrected chi connectivity index (χ4v) is 2.76. The Morgan fingerprint density at radius 2 is 2.00 bits per heavy atom. The first kappa shape index (κ1) is 14.9. The number of hydrogen-bond acceptors (Lipinski definition) is 3. The molecule has 2 N–H and O–H groups in total. The minimum absolute atomic E-state index is 0.0732. The van der Waals surface area contributed by atoms with Crippen LogP contribution >= 0.6 is 0 Å². The number of halogens is 1. The Morgan fingerprint density at radius 3 is 2.56 bits per heavy atom. The van der Waals surface area contributed by atoms with E-state index < -0.39 is 21.3 Å². The van der Waals surface area contributed by atoms with E-state index in [1.54, 1.807) is 32.9 Å². The number of primary sulfonamides is 1. The summed E-state index contributed by atoms with van der Waals surface area (Å²) in [5, 5.41) is 4.99. The van der Waals surface area contributed by atoms with Crippen molar-refractivity contribution in [3.8, 4) is 5.75 Å². The third kappa shape index (κ3) is 4.62. The van der Waals surface area contributed by atoms with Crippen molar-refractivity contribution in [1.82, 2.24) is 0 Å². The van der Waals surface area contributed by atoms with E-state index in [1.165, 1.54) is 6.07 Å². The molecule has 102 valence electrons. The van der Waals surface area contributed by atoms with Gasteiger partial charge >= 0.3 is 0 Å². The van der Waals surface area contributed by atoms with Crippen molar-refractivity contribution >= 4 is 10.0 Å². The molecule has 0 heterocycles. The maximum atomic E-state index is 13.6. The molecule has 0 aliphatic rings. The number of benzene rings is 1. The third-order valence-electron chi connectivity index (χ3n) is 2.37. The lowest BCUT2D eigenvalue weighted by atomic mass is 9.98. The van der Waals surface area contributed by atoms with E-state index in [4.69, 9.17) is 9.88 Å². The summed E-state index contributed by atoms with van der Waals surface area (Å²) >= 11 is 0. The van der Waals surface area contributed by atoms with Crippen LogP contribution in [0.5, 0.6) is 5.75 Å². The van der Waals surface area contributed by atoms with Crippen LogP contribution in [0.3, 0.4) is 0 Å². The molecule has 0 saturated carbocycles. The minimum Gasteiger partial charge on any atom is -0.490 e. The lowest BCUT2D eigenvalue weighted by Gasteiger charge is -2.23. The highest BCUT2D eigenvalue weighted by molar-refractivity contribution is 7.89. The second kappa shape index (κ2) is 5.24. The zero-order valence-corrected chi connectivity index (χ0v) is 11.6. The van der Waals surface area contributed by atoms with E-state index in [2.05, 4.69) is 0 Å². The standard InChI is InChI=1S/C12H18FNO3S/c1-9-5-4-6-10(11(9)13)17-7-12(2,3)8-18(14,15)16/h4-6H,7-8H2,1-3H3,(H2,14,15,16). The quantitative estimate of drug-likeness (QED) is 0.891. The van der Waals surface area contributed by atoms with Crippen LogP contribution in [0.4, 0.5) is 4.39 Å². The first-order valence-electron chi connectivity index (χ1n) is 5.49. The topological polar surface area (TPSA) is 69.4 Å². The van der Waals surface area contributed by atoms with Crippen LogP contribution in [0.15, 0.2) is 18.2 Å². The molecule has 0 fully saturated rings. The summed E-state index contributed by atoms with van der Waals surface area (Å²) in [5.41, 5.74) is -0.194. The number of aryl methyl sites for hydroxylation is 1. The fourth-order valence-electron chi connectivity index (χ4n) is 1.59. The molecule has 0 amide bonds. The van der Waals surface area contributed by atoms with Crippen molar-refractivity contribution in [3.05, 3.63) is 29.6 Å². The summed E-state index contributed by atoms with van der Waals surface area (Å²) in [7, 11) is -3.58. The minimum atomic E-state index is -3.58. The molecular weight excluding hydrogens is 257 g/mol. The summed E-state index contributed by atoms with van der Waals surface area (Å²) in [6.45, 7) is 5.11. The molecule has 18 heavy (non-hydrogen) atoms. The van der Waals surface area contributed by atoms with Gasteiger partial charge in [0.15, 0.2) is 11.6 Å². The van der Waals surface area contributed by atoms with Crippen LogP contribution in [-0.4, -0.2) is 20.8 Å². The SMILES string of the molecule is Cc1cccc(OCC(C)(C)CS(N)(=O)=O)c1F. The van der Waals surface area contributed by atoms with Gasteiger partial charge in [-0.15, -0.1) is 0 Å². The zero-order chi connectivity index (χ0) is 14.0. The maximum absolute atomic E-state index is 13.6. The Hall–Kier alpha value is -1.14. The summed E-state index contributed by atoms with van der Waals surface area (Å²) in [6.07, 6.45) is 0. The molecular formula is C12H18FNO3S. The molecule has 0 saturated heterocycles. The molecule has 4 nitrogen and oxygen atoms in total. The largest absolute Gasteiger partial charge is 0.490 e. The van der Waals surface area contributed by atoms with Crippen LogP contribution in [0.2, 0.25) is 0 Å². The summed E-state index contributed by atoms with van der Waals surface area (Å²) in [6, 6.07) is 4.83. The predicted octanol–water partition coefficient (Wildman–Crippen LogP) is 1.83. The predicted molar refractivity (Wildman–Crippen MR) is 68.4 cm³/mol. The smallest absolute Gasteiger partial charge is 0.209 e. The van der Waals surface area contributed by atoms with Gasteiger partial charge in [0.05, 0.1) is 12.4 Å². The molecule has 0 unspecified atom stereocenters. The normalized spacial score (nSPS) is 12.5. The van der Waals surface area contributed by atoms with Gasteiger partial charge in [0.2, 0.25) is 10.0 Å². The van der Waals surface area contributed by atoms with Gasteiger partial charge in [0, 0.05) is 5.41 Å². The van der Waals surface area contributed by atoms with E-state index in [0.717, 1.165) is 0 Å². The molecule has 0 aromatic heterocycles. The summed E-state index contributed by atoms with van der Waals surface area (Å²) in [5.74, 6) is -0.519. The number of sulfonamides is 1. The lowest BCUT2D eigenvalue weighted by molar-refractivity contribution is 0.193. The number of nitrogens with two attached hydrogens (primary N) is 1. The molecule has 0 radical (unpaired) electrons. The van der Waals surface area contributed by atoms with Crippen LogP contribution < -0.4 is 9.88 Å². The van der Waals surface area contributed by atoms with Gasteiger partial charge in [0.25, 0.3) is 0 Å². The van der Waals surface area contributed by atoms with Crippen molar-refractivity contribution in [2.75, 3.05) is 12.4 Å². The molecule has 6 heteroatoms. The van der Waals surface area contributed by atoms with Gasteiger partial charge in [-0.05, 0) is 18.6 Å². The Bertz CT molecular complexity index is 526. The number of ether oxygens (including phenoxy) is 1. The lowest BCUT2D eigenvalue weighted by Crippen LogP contribution is -2.33. The van der Waals surface area contributed by atoms with E-state index >= 15 is 0 Å². The Labute approximate surface area is 107 Å². The molecule has 0 spiro atoms. The van der Waals surface area contributed by atoms with Crippen molar-refractivity contribution in [3.63, 3.8) is 0 Å². The zero-order valence-electron chi connectivity index (χ0n) is 10.7. The highest BCUT2D eigenvalue weighted by Gasteiger charge is 2.25. The van der Waals surface area contributed by atoms with Gasteiger partial charge in [-0.2, -0.15) is 0 Å². The molecule has 1 rings (SSSR count). The highest BCUT2D eigenvalue weighted by Crippen LogP contribution is 2.23. The van der Waals surface area contributed by atoms with Crippen LogP contribution in [0.1, 0.15) is 19.4 Å². The average Bonchev–Trinajstić information content (AvgIpc) is 2.17. The van der Waals surface area contributed by atoms with Crippen LogP contribution in [-0.2, 0) is 10.0 Å². The van der Waals surface area contributed by atoms with Gasteiger partial charge in [-0.3, -0.25) is 0 Å². The van der Waals surface area contributed by atoms with E-state index in [-0.39, 0.29) is 18.1 Å². The summed E-state index contributed by atoms with van der Waals surface area (Å²) < 4.78 is 41.0. The van der Waals surface area contributed by atoms with Gasteiger partial charge in [-0.25, -0.2) is 17.9 Å². The number of rotatable bonds is 5. The third-order valence-corrected chi connectivity index (χ3v) is 3.55. The van der Waals surface area contributed by atoms with Crippen molar-refractivity contribution < 1.29 is 17.5 Å². The van der Waals surface area contributed by atoms with Crippen LogP contribution in [0, 0.1) is 18.2 Å². The molecule has 0 atom stereocenters. The van der Waals surface area contributed by atoms with E-state index in [1.807, 2.05) is 0 Å². The van der Waals surface area contributed by atoms with Gasteiger partial charge < -0.3 is 4.74 Å². The van der Waals surface area contributed by atoms with Crippen molar-refractivity contribution in [2.45, 2.75) is 20.8 Å². The Balaban J connectivity index is 2.73. The van der Waals surface area contributed by atoms with Gasteiger partial charge in [-0.1, -0.05) is 26.0 Å². The molecule has 1 aromatic rings. The number of hydrogen-bond donors (Lipinski definition) is 1. The van der Waals surface area contributed by atoms with Crippen molar-refractivity contribution in [2.24, 2.45) is 10.6 Å². The second-order valence-electron chi connectivity index (χ2n) is 5.15. The highest BCUT2D eigenvalue weighted by atomic mass is 32.2. The Kier molecular flexibility index (Phi) is 4.34. The monoisotopic (exact) mass is 275 g/mol. The average molecular weight is 275 g/mol. The fraction of sp³-hybridized carbons (Fsp3) is 0.500. The molecule has 0 aliphatic carbocycles. The molecule has 0 bridgehead atoms. The molecule has 1 aromatic carbocycles. The first-order chi connectivity index (χ1) is 8.11.